The fraction of sp³-hybridized carbons (Fsp3) is 0.586. The van der Waals surface area contributed by atoms with Crippen molar-refractivity contribution in [1.82, 2.24) is 9.80 Å². The SMILES string of the molecule is Cc1ccc(N(C(=O)c2ccco2)C2CCN(CCC3(CC(=O)N(C)C)CCCCC3)CC2)cc1. The Balaban J connectivity index is 1.39. The summed E-state index contributed by atoms with van der Waals surface area (Å²) in [6, 6.07) is 11.9. The third-order valence-corrected chi connectivity index (χ3v) is 8.08. The zero-order valence-corrected chi connectivity index (χ0v) is 21.7. The van der Waals surface area contributed by atoms with E-state index in [-0.39, 0.29) is 23.3 Å². The lowest BCUT2D eigenvalue weighted by Crippen LogP contribution is -2.48. The molecule has 35 heavy (non-hydrogen) atoms. The first kappa shape index (κ1) is 25.5. The number of piperidine rings is 1. The molecule has 2 aromatic rings. The van der Waals surface area contributed by atoms with E-state index < -0.39 is 0 Å². The number of anilines is 1. The number of rotatable bonds is 8. The number of hydrogen-bond acceptors (Lipinski definition) is 4. The summed E-state index contributed by atoms with van der Waals surface area (Å²) in [5, 5.41) is 0. The quantitative estimate of drug-likeness (QED) is 0.500. The minimum atomic E-state index is -0.0688. The predicted molar refractivity (Wildman–Crippen MR) is 140 cm³/mol. The van der Waals surface area contributed by atoms with E-state index in [1.807, 2.05) is 31.1 Å². The molecule has 6 heteroatoms. The van der Waals surface area contributed by atoms with Gasteiger partial charge in [-0.1, -0.05) is 37.0 Å². The number of likely N-dealkylation sites (tertiary alicyclic amines) is 1. The average molecular weight is 480 g/mol. The molecule has 0 bridgehead atoms. The zero-order valence-electron chi connectivity index (χ0n) is 21.7. The Morgan fingerprint density at radius 2 is 1.71 bits per heavy atom. The van der Waals surface area contributed by atoms with E-state index >= 15 is 0 Å². The van der Waals surface area contributed by atoms with Gasteiger partial charge in [-0.3, -0.25) is 9.59 Å². The van der Waals surface area contributed by atoms with Crippen molar-refractivity contribution in [3.63, 3.8) is 0 Å². The average Bonchev–Trinajstić information content (AvgIpc) is 3.41. The molecule has 0 radical (unpaired) electrons. The van der Waals surface area contributed by atoms with Crippen LogP contribution >= 0.6 is 0 Å². The number of furan rings is 1. The molecule has 1 aliphatic carbocycles. The Bertz CT molecular complexity index is 954. The zero-order chi connectivity index (χ0) is 24.8. The van der Waals surface area contributed by atoms with Crippen molar-refractivity contribution in [2.24, 2.45) is 5.41 Å². The van der Waals surface area contributed by atoms with Crippen LogP contribution in [0.15, 0.2) is 47.1 Å². The second-order valence-electron chi connectivity index (χ2n) is 10.8. The maximum atomic E-state index is 13.4. The van der Waals surface area contributed by atoms with E-state index in [0.29, 0.717) is 12.2 Å². The molecule has 0 N–H and O–H groups in total. The number of aryl methyl sites for hydroxylation is 1. The number of hydrogen-bond donors (Lipinski definition) is 0. The van der Waals surface area contributed by atoms with Crippen LogP contribution in [0.1, 0.15) is 73.9 Å². The highest BCUT2D eigenvalue weighted by molar-refractivity contribution is 6.04. The van der Waals surface area contributed by atoms with E-state index in [9.17, 15) is 9.59 Å². The van der Waals surface area contributed by atoms with Crippen LogP contribution in [0.25, 0.3) is 0 Å². The van der Waals surface area contributed by atoms with Crippen LogP contribution in [0.4, 0.5) is 5.69 Å². The Hall–Kier alpha value is -2.60. The first-order valence-electron chi connectivity index (χ1n) is 13.2. The smallest absolute Gasteiger partial charge is 0.294 e. The van der Waals surface area contributed by atoms with Gasteiger partial charge in [-0.05, 0) is 75.3 Å². The van der Waals surface area contributed by atoms with E-state index in [1.54, 1.807) is 23.3 Å². The van der Waals surface area contributed by atoms with E-state index in [0.717, 1.165) is 44.6 Å². The fourth-order valence-corrected chi connectivity index (χ4v) is 5.81. The molecule has 2 fully saturated rings. The Morgan fingerprint density at radius 1 is 1.03 bits per heavy atom. The van der Waals surface area contributed by atoms with Gasteiger partial charge in [0.1, 0.15) is 0 Å². The summed E-state index contributed by atoms with van der Waals surface area (Å²) in [6.45, 7) is 5.03. The predicted octanol–water partition coefficient (Wildman–Crippen LogP) is 5.52. The third kappa shape index (κ3) is 6.35. The van der Waals surface area contributed by atoms with Crippen LogP contribution < -0.4 is 4.90 Å². The molecule has 2 heterocycles. The van der Waals surface area contributed by atoms with Crippen molar-refractivity contribution in [3.05, 3.63) is 54.0 Å². The van der Waals surface area contributed by atoms with Crippen LogP contribution in [0.2, 0.25) is 0 Å². The van der Waals surface area contributed by atoms with Crippen molar-refractivity contribution in [3.8, 4) is 0 Å². The molecule has 6 nitrogen and oxygen atoms in total. The van der Waals surface area contributed by atoms with Crippen LogP contribution in [0, 0.1) is 12.3 Å². The van der Waals surface area contributed by atoms with Crippen molar-refractivity contribution < 1.29 is 14.0 Å². The van der Waals surface area contributed by atoms with Crippen LogP contribution in [0.5, 0.6) is 0 Å². The molecule has 1 aromatic carbocycles. The Morgan fingerprint density at radius 3 is 2.31 bits per heavy atom. The van der Waals surface area contributed by atoms with E-state index in [4.69, 9.17) is 4.42 Å². The molecule has 1 saturated carbocycles. The molecule has 2 aliphatic rings. The van der Waals surface area contributed by atoms with Gasteiger partial charge in [0.15, 0.2) is 5.76 Å². The van der Waals surface area contributed by atoms with Crippen molar-refractivity contribution >= 4 is 17.5 Å². The molecule has 0 spiro atoms. The van der Waals surface area contributed by atoms with Crippen LogP contribution in [0.3, 0.4) is 0 Å². The minimum Gasteiger partial charge on any atom is -0.459 e. The van der Waals surface area contributed by atoms with Gasteiger partial charge in [-0.25, -0.2) is 0 Å². The first-order chi connectivity index (χ1) is 16.9. The highest BCUT2D eigenvalue weighted by atomic mass is 16.3. The Labute approximate surface area is 210 Å². The lowest BCUT2D eigenvalue weighted by Gasteiger charge is -2.42. The molecule has 0 unspecified atom stereocenters. The summed E-state index contributed by atoms with van der Waals surface area (Å²) >= 11 is 0. The molecular weight excluding hydrogens is 438 g/mol. The number of nitrogens with zero attached hydrogens (tertiary/aromatic N) is 3. The molecular formula is C29H41N3O3. The minimum absolute atomic E-state index is 0.0688. The molecule has 4 rings (SSSR count). The third-order valence-electron chi connectivity index (χ3n) is 8.08. The largest absolute Gasteiger partial charge is 0.459 e. The number of benzene rings is 1. The standard InChI is InChI=1S/C29H41N3O3/c1-23-9-11-24(12-10-23)32(28(34)26-8-7-21-35-26)25-13-18-31(19-14-25)20-17-29(15-5-4-6-16-29)22-27(33)30(2)3/h7-12,21,25H,4-6,13-20,22H2,1-3H3. The maximum Gasteiger partial charge on any atom is 0.294 e. The van der Waals surface area contributed by atoms with Crippen molar-refractivity contribution in [2.45, 2.75) is 70.8 Å². The Kier molecular flexibility index (Phi) is 8.32. The number of amides is 2. The van der Waals surface area contributed by atoms with Gasteiger partial charge in [0.2, 0.25) is 5.91 Å². The monoisotopic (exact) mass is 479 g/mol. The summed E-state index contributed by atoms with van der Waals surface area (Å²) in [5.41, 5.74) is 2.26. The van der Waals surface area contributed by atoms with Gasteiger partial charge in [-0.2, -0.15) is 0 Å². The first-order valence-corrected chi connectivity index (χ1v) is 13.2. The van der Waals surface area contributed by atoms with Gasteiger partial charge in [0.25, 0.3) is 5.91 Å². The molecule has 2 amide bonds. The maximum absolute atomic E-state index is 13.4. The summed E-state index contributed by atoms with van der Waals surface area (Å²) in [6.07, 6.45) is 11.3. The molecule has 1 saturated heterocycles. The van der Waals surface area contributed by atoms with Gasteiger partial charge in [0.05, 0.1) is 6.26 Å². The molecule has 1 aliphatic heterocycles. The highest BCUT2D eigenvalue weighted by Crippen LogP contribution is 2.43. The summed E-state index contributed by atoms with van der Waals surface area (Å²) < 4.78 is 5.47. The topological polar surface area (TPSA) is 57.0 Å². The summed E-state index contributed by atoms with van der Waals surface area (Å²) in [5.74, 6) is 0.578. The second-order valence-corrected chi connectivity index (χ2v) is 10.8. The van der Waals surface area contributed by atoms with Crippen LogP contribution in [-0.2, 0) is 4.79 Å². The number of carbonyl (C=O) groups is 2. The normalized spacial score (nSPS) is 18.8. The van der Waals surface area contributed by atoms with E-state index in [2.05, 4.69) is 24.0 Å². The summed E-state index contributed by atoms with van der Waals surface area (Å²) in [7, 11) is 3.74. The number of carbonyl (C=O) groups excluding carboxylic acids is 2. The van der Waals surface area contributed by atoms with Gasteiger partial charge in [0, 0.05) is 45.3 Å². The summed E-state index contributed by atoms with van der Waals surface area (Å²) in [4.78, 5) is 32.2. The van der Waals surface area contributed by atoms with Gasteiger partial charge in [-0.15, -0.1) is 0 Å². The lowest BCUT2D eigenvalue weighted by molar-refractivity contribution is -0.132. The second kappa shape index (κ2) is 11.4. The van der Waals surface area contributed by atoms with Crippen LogP contribution in [-0.4, -0.2) is 61.4 Å². The molecule has 1 aromatic heterocycles. The van der Waals surface area contributed by atoms with Crippen molar-refractivity contribution in [1.29, 1.82) is 0 Å². The van der Waals surface area contributed by atoms with E-state index in [1.165, 1.54) is 37.7 Å². The lowest BCUT2D eigenvalue weighted by atomic mass is 9.69. The fourth-order valence-electron chi connectivity index (χ4n) is 5.81. The van der Waals surface area contributed by atoms with Crippen molar-refractivity contribution in [2.75, 3.05) is 38.6 Å². The van der Waals surface area contributed by atoms with Gasteiger partial charge >= 0.3 is 0 Å². The highest BCUT2D eigenvalue weighted by Gasteiger charge is 2.36. The van der Waals surface area contributed by atoms with Gasteiger partial charge < -0.3 is 19.1 Å². The molecule has 190 valence electrons. The molecule has 0 atom stereocenters.